The van der Waals surface area contributed by atoms with Gasteiger partial charge in [-0.2, -0.15) is 79.0 Å². The Hall–Kier alpha value is -4.21. The summed E-state index contributed by atoms with van der Waals surface area (Å²) in [5, 5.41) is 0. The van der Waals surface area contributed by atoms with E-state index >= 15 is 0 Å². The highest BCUT2D eigenvalue weighted by atomic mass is 28.4. The van der Waals surface area contributed by atoms with Crippen molar-refractivity contribution in [3.05, 3.63) is 54.1 Å². The van der Waals surface area contributed by atoms with Gasteiger partial charge in [-0.25, -0.2) is 9.59 Å². The summed E-state index contributed by atoms with van der Waals surface area (Å²) in [6, 6.07) is 4.03. The first-order valence-corrected chi connectivity index (χ1v) is 23.3. The van der Waals surface area contributed by atoms with Crippen LogP contribution < -0.4 is 4.74 Å². The zero-order valence-electron chi connectivity index (χ0n) is 38.1. The molecule has 0 radical (unpaired) electrons. The highest BCUT2D eigenvalue weighted by Crippen LogP contribution is 2.61. The number of rotatable bonds is 19. The van der Waals surface area contributed by atoms with E-state index in [1.807, 2.05) is 0 Å². The Morgan fingerprint density at radius 2 is 1.09 bits per heavy atom. The number of hydrogen-bond donors (Lipinski definition) is 0. The van der Waals surface area contributed by atoms with Crippen molar-refractivity contribution < 1.29 is 122 Å². The number of esters is 3. The summed E-state index contributed by atoms with van der Waals surface area (Å²) >= 11 is 0. The summed E-state index contributed by atoms with van der Waals surface area (Å²) in [7, 11) is -3.69. The Labute approximate surface area is 390 Å². The van der Waals surface area contributed by atoms with Crippen molar-refractivity contribution in [2.24, 2.45) is 0 Å². The number of cyclic esters (lactones) is 3. The molecule has 2 rings (SSSR count). The molecule has 5 atom stereocenters. The normalized spacial score (nSPS) is 21.8. The minimum Gasteiger partial charge on any atom is -0.494 e. The molecule has 1 heterocycles. The minimum atomic E-state index is -8.02. The number of ether oxygens (including phenoxy) is 5. The van der Waals surface area contributed by atoms with Gasteiger partial charge in [0.25, 0.3) is 0 Å². The van der Waals surface area contributed by atoms with Gasteiger partial charge in [0, 0.05) is 25.0 Å². The van der Waals surface area contributed by atoms with Gasteiger partial charge in [-0.15, -0.1) is 0 Å². The van der Waals surface area contributed by atoms with Crippen molar-refractivity contribution in [1.29, 1.82) is 0 Å². The van der Waals surface area contributed by atoms with Crippen molar-refractivity contribution in [3.8, 4) is 5.75 Å². The molecule has 0 unspecified atom stereocenters. The van der Waals surface area contributed by atoms with E-state index < -0.39 is 154 Å². The molecular weight excluding hydrogens is 1020 g/mol. The SMILES string of the molecule is CC(C)[Si](CCC(F)(F)C(F)(F)F)(O[C@@H]1C=CC(=O)O[C@@H](C)CC(=O)O[C@H](C)[C@@H](OCc2ccc(OCCCC(F)(F)C(F)(F)C(F)(F)C(F)(F)C(F)(F)C(F)(F)F)cc2)C=CC(=O)O[C@@H]1C)C(C)C. The fourth-order valence-electron chi connectivity index (χ4n) is 6.75. The molecule has 1 aromatic rings. The molecule has 0 saturated carbocycles. The molecule has 0 N–H and O–H groups in total. The molecule has 0 amide bonds. The summed E-state index contributed by atoms with van der Waals surface area (Å²) in [4.78, 5) is 38.7. The van der Waals surface area contributed by atoms with Crippen LogP contribution >= 0.6 is 0 Å². The van der Waals surface area contributed by atoms with Crippen LogP contribution in [0.2, 0.25) is 17.1 Å². The maximum absolute atomic E-state index is 14.2. The van der Waals surface area contributed by atoms with E-state index in [1.54, 1.807) is 27.7 Å². The van der Waals surface area contributed by atoms with E-state index in [-0.39, 0.29) is 17.9 Å². The summed E-state index contributed by atoms with van der Waals surface area (Å²) in [6.45, 7) is 8.82. The number of carbonyl (C=O) groups excluding carboxylic acids is 3. The predicted molar refractivity (Wildman–Crippen MR) is 211 cm³/mol. The van der Waals surface area contributed by atoms with E-state index in [1.165, 1.54) is 32.9 Å². The van der Waals surface area contributed by atoms with Gasteiger partial charge in [0.2, 0.25) is 0 Å². The highest BCUT2D eigenvalue weighted by Gasteiger charge is 2.90. The summed E-state index contributed by atoms with van der Waals surface area (Å²) in [5.74, 6) is -45.8. The number of benzene rings is 1. The maximum Gasteiger partial charge on any atom is 0.460 e. The van der Waals surface area contributed by atoms with E-state index in [9.17, 15) is 93.4 Å². The largest absolute Gasteiger partial charge is 0.494 e. The van der Waals surface area contributed by atoms with Crippen LogP contribution in [0, 0.1) is 0 Å². The van der Waals surface area contributed by atoms with E-state index in [0.29, 0.717) is 0 Å². The van der Waals surface area contributed by atoms with Crippen LogP contribution in [0.25, 0.3) is 0 Å². The average molecular weight is 1070 g/mol. The molecule has 0 saturated heterocycles. The van der Waals surface area contributed by atoms with Crippen molar-refractivity contribution in [2.75, 3.05) is 6.61 Å². The Kier molecular flexibility index (Phi) is 20.4. The van der Waals surface area contributed by atoms with Gasteiger partial charge in [-0.1, -0.05) is 39.8 Å². The molecule has 402 valence electrons. The lowest BCUT2D eigenvalue weighted by Crippen LogP contribution is -2.70. The van der Waals surface area contributed by atoms with E-state index in [4.69, 9.17) is 28.1 Å². The van der Waals surface area contributed by atoms with Gasteiger partial charge in [0.15, 0.2) is 8.32 Å². The van der Waals surface area contributed by atoms with Crippen molar-refractivity contribution >= 4 is 26.2 Å². The molecule has 0 aromatic heterocycles. The molecular formula is C42H50F18O9Si. The molecule has 0 aliphatic carbocycles. The Morgan fingerprint density at radius 1 is 0.600 bits per heavy atom. The van der Waals surface area contributed by atoms with Gasteiger partial charge in [-0.05, 0) is 74.2 Å². The van der Waals surface area contributed by atoms with Crippen molar-refractivity contribution in [3.63, 3.8) is 0 Å². The second-order valence-corrected chi connectivity index (χ2v) is 21.9. The summed E-state index contributed by atoms with van der Waals surface area (Å²) < 4.78 is 276. The first-order chi connectivity index (χ1) is 31.6. The number of alkyl halides is 18. The third kappa shape index (κ3) is 14.7. The molecule has 0 bridgehead atoms. The molecule has 1 aromatic carbocycles. The third-order valence-electron chi connectivity index (χ3n) is 11.0. The van der Waals surface area contributed by atoms with Crippen LogP contribution in [0.3, 0.4) is 0 Å². The highest BCUT2D eigenvalue weighted by molar-refractivity contribution is 6.76. The first-order valence-electron chi connectivity index (χ1n) is 21.0. The molecule has 1 aliphatic rings. The Balaban J connectivity index is 2.27. The molecule has 70 heavy (non-hydrogen) atoms. The van der Waals surface area contributed by atoms with E-state index in [0.717, 1.165) is 36.4 Å². The first kappa shape index (κ1) is 61.9. The molecule has 1 aliphatic heterocycles. The lowest BCUT2D eigenvalue weighted by molar-refractivity contribution is -0.440. The van der Waals surface area contributed by atoms with Crippen LogP contribution in [0.1, 0.15) is 79.7 Å². The fourth-order valence-corrected chi connectivity index (χ4v) is 11.4. The number of hydrogen-bond acceptors (Lipinski definition) is 9. The topological polar surface area (TPSA) is 107 Å². The lowest BCUT2D eigenvalue weighted by atomic mass is 9.92. The predicted octanol–water partition coefficient (Wildman–Crippen LogP) is 12.5. The minimum absolute atomic E-state index is 0.225. The van der Waals surface area contributed by atoms with Gasteiger partial charge in [0.1, 0.15) is 36.3 Å². The molecule has 9 nitrogen and oxygen atoms in total. The fraction of sp³-hybridized carbons (Fsp3) is 0.690. The summed E-state index contributed by atoms with van der Waals surface area (Å²) in [6.07, 6.45) is -21.8. The van der Waals surface area contributed by atoms with Crippen LogP contribution in [-0.2, 0) is 44.4 Å². The van der Waals surface area contributed by atoms with Crippen LogP contribution in [0.4, 0.5) is 79.0 Å². The third-order valence-corrected chi connectivity index (χ3v) is 16.6. The van der Waals surface area contributed by atoms with Gasteiger partial charge < -0.3 is 28.1 Å². The van der Waals surface area contributed by atoms with Crippen molar-refractivity contribution in [1.82, 2.24) is 0 Å². The van der Waals surface area contributed by atoms with Crippen LogP contribution in [-0.4, -0.2) is 111 Å². The van der Waals surface area contributed by atoms with Gasteiger partial charge >= 0.3 is 65.8 Å². The Morgan fingerprint density at radius 3 is 1.59 bits per heavy atom. The average Bonchev–Trinajstić information content (AvgIpc) is 3.20. The second kappa shape index (κ2) is 23.1. The van der Waals surface area contributed by atoms with Gasteiger partial charge in [-0.3, -0.25) is 4.79 Å². The molecule has 0 spiro atoms. The van der Waals surface area contributed by atoms with Crippen LogP contribution in [0.15, 0.2) is 48.6 Å². The molecule has 0 fully saturated rings. The number of halogens is 18. The quantitative estimate of drug-likeness (QED) is 0.0440. The van der Waals surface area contributed by atoms with Gasteiger partial charge in [0.05, 0.1) is 19.6 Å². The zero-order chi connectivity index (χ0) is 54.3. The number of carbonyl (C=O) groups is 3. The summed E-state index contributed by atoms with van der Waals surface area (Å²) in [5.41, 5.74) is -0.922. The Bertz CT molecular complexity index is 1950. The zero-order valence-corrected chi connectivity index (χ0v) is 39.1. The van der Waals surface area contributed by atoms with Crippen molar-refractivity contribution in [2.45, 2.75) is 176 Å². The monoisotopic (exact) mass is 1070 g/mol. The smallest absolute Gasteiger partial charge is 0.460 e. The van der Waals surface area contributed by atoms with E-state index in [2.05, 4.69) is 0 Å². The lowest BCUT2D eigenvalue weighted by Gasteiger charge is -2.42. The molecule has 28 heteroatoms. The second-order valence-electron chi connectivity index (χ2n) is 16.9. The van der Waals surface area contributed by atoms with Crippen LogP contribution in [0.5, 0.6) is 5.75 Å². The maximum atomic E-state index is 14.2. The standard InChI is InChI=1S/C42H50F18O9Si/c1-23(2)70(24(3)4,20-18-36(45,46)41(55,56)57)69-31-14-16-32(61)66-25(5)21-34(63)68-26(6)30(13-15-33(62)67-27(31)7)65-22-28-9-11-29(12-10-28)64-19-8-17-35(43,44)37(47,48)38(49,50)39(51,52)40(53,54)42(58,59)60/h9-16,23-27,30-31H,8,17-22H2,1-7H3/t25-,26+,27+,30-,31+/m0/s1.